The molecule has 0 saturated carbocycles. The van der Waals surface area contributed by atoms with E-state index in [-0.39, 0.29) is 11.3 Å². The predicted molar refractivity (Wildman–Crippen MR) is 73.5 cm³/mol. The molecule has 0 aliphatic heterocycles. The van der Waals surface area contributed by atoms with Crippen molar-refractivity contribution < 1.29 is 13.9 Å². The van der Waals surface area contributed by atoms with Gasteiger partial charge in [0, 0.05) is 11.0 Å². The van der Waals surface area contributed by atoms with Crippen LogP contribution in [0.25, 0.3) is 0 Å². The third-order valence-corrected chi connectivity index (χ3v) is 3.00. The van der Waals surface area contributed by atoms with Gasteiger partial charge in [-0.25, -0.2) is 9.18 Å². The molecule has 0 radical (unpaired) electrons. The summed E-state index contributed by atoms with van der Waals surface area (Å²) in [4.78, 5) is 11.6. The first-order valence-electron chi connectivity index (χ1n) is 5.91. The minimum atomic E-state index is -0.548. The average molecular weight is 318 g/mol. The number of methoxy groups -OCH3 is 1. The van der Waals surface area contributed by atoms with Gasteiger partial charge in [-0.15, -0.1) is 0 Å². The number of nitrogens with one attached hydrogen (secondary N) is 1. The number of anilines is 1. The van der Waals surface area contributed by atoms with E-state index in [9.17, 15) is 9.18 Å². The third-order valence-electron chi connectivity index (χ3n) is 2.54. The van der Waals surface area contributed by atoms with E-state index in [1.54, 1.807) is 6.07 Å². The van der Waals surface area contributed by atoms with Gasteiger partial charge in [-0.3, -0.25) is 0 Å². The maximum absolute atomic E-state index is 13.8. The molecule has 0 spiro atoms. The Bertz CT molecular complexity index is 424. The summed E-state index contributed by atoms with van der Waals surface area (Å²) in [7, 11) is 1.28. The fourth-order valence-electron chi connectivity index (χ4n) is 1.61. The highest BCUT2D eigenvalue weighted by Gasteiger charge is 2.16. The molecule has 0 bridgehead atoms. The summed E-state index contributed by atoms with van der Waals surface area (Å²) < 4.78 is 19.0. The lowest BCUT2D eigenvalue weighted by Gasteiger charge is -2.12. The Balaban J connectivity index is 2.90. The molecule has 100 valence electrons. The van der Waals surface area contributed by atoms with Crippen molar-refractivity contribution in [1.29, 1.82) is 0 Å². The molecule has 0 fully saturated rings. The molecule has 3 nitrogen and oxygen atoms in total. The molecule has 0 unspecified atom stereocenters. The summed E-state index contributed by atoms with van der Waals surface area (Å²) >= 11 is 3.16. The molecule has 5 heteroatoms. The molecule has 0 aliphatic rings. The Morgan fingerprint density at radius 3 is 2.78 bits per heavy atom. The number of carbonyl (C=O) groups excluding carboxylic acids is 1. The summed E-state index contributed by atoms with van der Waals surface area (Å²) in [5.74, 6) is -1.01. The Morgan fingerprint density at radius 1 is 1.44 bits per heavy atom. The van der Waals surface area contributed by atoms with Crippen molar-refractivity contribution in [2.75, 3.05) is 19.0 Å². The number of carbonyl (C=O) groups is 1. The predicted octanol–water partition coefficient (Wildman–Crippen LogP) is 3.98. The minimum Gasteiger partial charge on any atom is -0.465 e. The number of hydrogen-bond acceptors (Lipinski definition) is 3. The van der Waals surface area contributed by atoms with Crippen LogP contribution in [0.1, 0.15) is 36.5 Å². The lowest BCUT2D eigenvalue weighted by Crippen LogP contribution is -2.11. The SMILES string of the molecule is CCCCCNc1c(F)cc(Br)cc1C(=O)OC. The molecule has 1 N–H and O–H groups in total. The van der Waals surface area contributed by atoms with Crippen molar-refractivity contribution in [3.05, 3.63) is 28.0 Å². The second kappa shape index (κ2) is 7.36. The van der Waals surface area contributed by atoms with E-state index >= 15 is 0 Å². The third kappa shape index (κ3) is 3.98. The van der Waals surface area contributed by atoms with Crippen molar-refractivity contribution in [3.8, 4) is 0 Å². The first-order valence-corrected chi connectivity index (χ1v) is 6.70. The maximum Gasteiger partial charge on any atom is 0.340 e. The van der Waals surface area contributed by atoms with Crippen LogP contribution in [0.4, 0.5) is 10.1 Å². The first kappa shape index (κ1) is 15.0. The van der Waals surface area contributed by atoms with Gasteiger partial charge in [0.15, 0.2) is 0 Å². The molecule has 18 heavy (non-hydrogen) atoms. The molecule has 1 aromatic rings. The normalized spacial score (nSPS) is 10.2. The Hall–Kier alpha value is -1.10. The van der Waals surface area contributed by atoms with Crippen molar-refractivity contribution in [1.82, 2.24) is 0 Å². The molecule has 0 amide bonds. The lowest BCUT2D eigenvalue weighted by molar-refractivity contribution is 0.0601. The number of halogens is 2. The highest BCUT2D eigenvalue weighted by molar-refractivity contribution is 9.10. The van der Waals surface area contributed by atoms with Crippen LogP contribution < -0.4 is 5.32 Å². The fraction of sp³-hybridized carbons (Fsp3) is 0.462. The van der Waals surface area contributed by atoms with Gasteiger partial charge in [0.05, 0.1) is 18.4 Å². The zero-order valence-electron chi connectivity index (χ0n) is 10.6. The summed E-state index contributed by atoms with van der Waals surface area (Å²) in [5.41, 5.74) is 0.419. The highest BCUT2D eigenvalue weighted by atomic mass is 79.9. The van der Waals surface area contributed by atoms with Crippen LogP contribution in [-0.2, 0) is 4.74 Å². The van der Waals surface area contributed by atoms with Crippen LogP contribution >= 0.6 is 15.9 Å². The van der Waals surface area contributed by atoms with Gasteiger partial charge >= 0.3 is 5.97 Å². The zero-order valence-corrected chi connectivity index (χ0v) is 12.1. The second-order valence-corrected chi connectivity index (χ2v) is 4.85. The van der Waals surface area contributed by atoms with Crippen molar-refractivity contribution in [2.45, 2.75) is 26.2 Å². The highest BCUT2D eigenvalue weighted by Crippen LogP contribution is 2.26. The number of esters is 1. The molecule has 0 saturated heterocycles. The largest absolute Gasteiger partial charge is 0.465 e. The summed E-state index contributed by atoms with van der Waals surface area (Å²) in [6.45, 7) is 2.73. The van der Waals surface area contributed by atoms with Crippen LogP contribution in [0.2, 0.25) is 0 Å². The van der Waals surface area contributed by atoms with E-state index in [0.717, 1.165) is 19.3 Å². The van der Waals surface area contributed by atoms with E-state index in [1.807, 2.05) is 0 Å². The van der Waals surface area contributed by atoms with Crippen LogP contribution in [0.15, 0.2) is 16.6 Å². The zero-order chi connectivity index (χ0) is 13.5. The molecule has 0 aliphatic carbocycles. The monoisotopic (exact) mass is 317 g/mol. The number of benzene rings is 1. The van der Waals surface area contributed by atoms with Crippen molar-refractivity contribution in [2.24, 2.45) is 0 Å². The minimum absolute atomic E-state index is 0.209. The first-order chi connectivity index (χ1) is 8.60. The standard InChI is InChI=1S/C13H17BrFNO2/c1-3-4-5-6-16-12-10(13(17)18-2)7-9(14)8-11(12)15/h7-8,16H,3-6H2,1-2H3. The van der Waals surface area contributed by atoms with Gasteiger partial charge in [0.25, 0.3) is 0 Å². The maximum atomic E-state index is 13.8. The van der Waals surface area contributed by atoms with Crippen LogP contribution in [0.5, 0.6) is 0 Å². The van der Waals surface area contributed by atoms with E-state index < -0.39 is 11.8 Å². The smallest absolute Gasteiger partial charge is 0.340 e. The van der Waals surface area contributed by atoms with Crippen molar-refractivity contribution >= 4 is 27.6 Å². The van der Waals surface area contributed by atoms with Gasteiger partial charge in [0.1, 0.15) is 5.82 Å². The average Bonchev–Trinajstić information content (AvgIpc) is 2.35. The molecule has 1 rings (SSSR count). The Morgan fingerprint density at radius 2 is 2.17 bits per heavy atom. The van der Waals surface area contributed by atoms with E-state index in [0.29, 0.717) is 11.0 Å². The van der Waals surface area contributed by atoms with Crippen LogP contribution in [0.3, 0.4) is 0 Å². The fourth-order valence-corrected chi connectivity index (χ4v) is 2.04. The molecule has 1 aromatic carbocycles. The van der Waals surface area contributed by atoms with Gasteiger partial charge < -0.3 is 10.1 Å². The Kier molecular flexibility index (Phi) is 6.12. The van der Waals surface area contributed by atoms with Crippen molar-refractivity contribution in [3.63, 3.8) is 0 Å². The molecular weight excluding hydrogens is 301 g/mol. The lowest BCUT2D eigenvalue weighted by atomic mass is 10.1. The molecule has 0 heterocycles. The van der Waals surface area contributed by atoms with E-state index in [4.69, 9.17) is 0 Å². The summed E-state index contributed by atoms with van der Waals surface area (Å²) in [6, 6.07) is 2.88. The molecule has 0 aromatic heterocycles. The quantitative estimate of drug-likeness (QED) is 0.637. The van der Waals surface area contributed by atoms with Crippen LogP contribution in [0, 0.1) is 5.82 Å². The molecular formula is C13H17BrFNO2. The van der Waals surface area contributed by atoms with E-state index in [1.165, 1.54) is 13.2 Å². The summed E-state index contributed by atoms with van der Waals surface area (Å²) in [6.07, 6.45) is 3.10. The summed E-state index contributed by atoms with van der Waals surface area (Å²) in [5, 5.41) is 2.96. The van der Waals surface area contributed by atoms with Crippen LogP contribution in [-0.4, -0.2) is 19.6 Å². The topological polar surface area (TPSA) is 38.3 Å². The van der Waals surface area contributed by atoms with Gasteiger partial charge in [-0.1, -0.05) is 35.7 Å². The second-order valence-electron chi connectivity index (χ2n) is 3.94. The van der Waals surface area contributed by atoms with Gasteiger partial charge in [-0.2, -0.15) is 0 Å². The Labute approximate surface area is 115 Å². The molecule has 0 atom stereocenters. The van der Waals surface area contributed by atoms with Gasteiger partial charge in [0.2, 0.25) is 0 Å². The number of rotatable bonds is 6. The number of ether oxygens (including phenoxy) is 1. The number of unbranched alkanes of at least 4 members (excludes halogenated alkanes) is 2. The van der Waals surface area contributed by atoms with Gasteiger partial charge in [-0.05, 0) is 18.6 Å². The number of hydrogen-bond donors (Lipinski definition) is 1. The van der Waals surface area contributed by atoms with E-state index in [2.05, 4.69) is 32.9 Å².